The average molecular weight is 234 g/mol. The summed E-state index contributed by atoms with van der Waals surface area (Å²) in [5.41, 5.74) is 2.88. The molecule has 0 aromatic heterocycles. The van der Waals surface area contributed by atoms with Gasteiger partial charge in [0.25, 0.3) is 0 Å². The number of hydrogen-bond donors (Lipinski definition) is 1. The van der Waals surface area contributed by atoms with Crippen molar-refractivity contribution in [1.29, 1.82) is 0 Å². The van der Waals surface area contributed by atoms with E-state index in [0.29, 0.717) is 5.75 Å². The molecule has 3 aromatic rings. The maximum absolute atomic E-state index is 10.3. The van der Waals surface area contributed by atoms with Gasteiger partial charge in [-0.05, 0) is 34.9 Å². The third kappa shape index (κ3) is 1.65. The highest BCUT2D eigenvalue weighted by Crippen LogP contribution is 2.36. The van der Waals surface area contributed by atoms with Crippen LogP contribution >= 0.6 is 0 Å². The normalized spacial score (nSPS) is 10.7. The summed E-state index contributed by atoms with van der Waals surface area (Å²) in [4.78, 5) is 0. The molecule has 1 nitrogen and oxygen atoms in total. The van der Waals surface area contributed by atoms with Crippen LogP contribution in [-0.4, -0.2) is 5.11 Å². The lowest BCUT2D eigenvalue weighted by Gasteiger charge is -2.11. The zero-order valence-electron chi connectivity index (χ0n) is 10.2. The first-order valence-electron chi connectivity index (χ1n) is 6.04. The summed E-state index contributed by atoms with van der Waals surface area (Å²) in [7, 11) is 0. The van der Waals surface area contributed by atoms with Crippen molar-refractivity contribution in [1.82, 2.24) is 0 Å². The van der Waals surface area contributed by atoms with Crippen molar-refractivity contribution in [3.8, 4) is 16.9 Å². The topological polar surface area (TPSA) is 20.2 Å². The molecule has 0 aliphatic heterocycles. The summed E-state index contributed by atoms with van der Waals surface area (Å²) in [5, 5.41) is 12.6. The second-order valence-corrected chi connectivity index (χ2v) is 4.48. The average Bonchev–Trinajstić information content (AvgIpc) is 2.44. The fourth-order valence-corrected chi connectivity index (χ4v) is 2.36. The van der Waals surface area contributed by atoms with E-state index >= 15 is 0 Å². The highest BCUT2D eigenvalue weighted by atomic mass is 16.3. The summed E-state index contributed by atoms with van der Waals surface area (Å²) >= 11 is 0. The van der Waals surface area contributed by atoms with Gasteiger partial charge in [0.15, 0.2) is 0 Å². The lowest BCUT2D eigenvalue weighted by atomic mass is 9.96. The maximum atomic E-state index is 10.3. The van der Waals surface area contributed by atoms with Gasteiger partial charge in [-0.25, -0.2) is 0 Å². The molecule has 0 aliphatic carbocycles. The van der Waals surface area contributed by atoms with Crippen molar-refractivity contribution in [3.05, 3.63) is 66.2 Å². The van der Waals surface area contributed by atoms with Crippen molar-refractivity contribution in [2.45, 2.75) is 6.92 Å². The molecule has 0 saturated heterocycles. The van der Waals surface area contributed by atoms with E-state index in [1.807, 2.05) is 61.5 Å². The molecular weight excluding hydrogens is 220 g/mol. The molecule has 3 aromatic carbocycles. The fraction of sp³-hybridized carbons (Fsp3) is 0.0588. The molecule has 1 N–H and O–H groups in total. The van der Waals surface area contributed by atoms with Crippen molar-refractivity contribution in [2.75, 3.05) is 0 Å². The molecule has 0 heterocycles. The van der Waals surface area contributed by atoms with Crippen LogP contribution in [-0.2, 0) is 0 Å². The Labute approximate surface area is 106 Å². The Balaban J connectivity index is 2.34. The van der Waals surface area contributed by atoms with E-state index in [0.717, 1.165) is 27.5 Å². The van der Waals surface area contributed by atoms with E-state index in [-0.39, 0.29) is 0 Å². The second kappa shape index (κ2) is 4.19. The van der Waals surface area contributed by atoms with E-state index in [2.05, 4.69) is 6.07 Å². The summed E-state index contributed by atoms with van der Waals surface area (Å²) in [6.07, 6.45) is 0. The summed E-state index contributed by atoms with van der Waals surface area (Å²) in [5.74, 6) is 0.375. The van der Waals surface area contributed by atoms with Crippen LogP contribution in [0.1, 0.15) is 5.56 Å². The third-order valence-corrected chi connectivity index (χ3v) is 3.36. The zero-order valence-corrected chi connectivity index (χ0v) is 10.2. The molecule has 18 heavy (non-hydrogen) atoms. The number of aryl methyl sites for hydroxylation is 1. The van der Waals surface area contributed by atoms with Crippen molar-refractivity contribution in [3.63, 3.8) is 0 Å². The molecule has 0 atom stereocenters. The smallest absolute Gasteiger partial charge is 0.126 e. The molecule has 0 spiro atoms. The number of hydrogen-bond acceptors (Lipinski definition) is 1. The standard InChI is InChI=1S/C17H14O/c1-12-15-10-6-5-9-14(15)11-16(17(12)18)13-7-3-2-4-8-13/h2-11,18H,1H3. The first-order valence-corrected chi connectivity index (χ1v) is 6.04. The molecule has 3 rings (SSSR count). The fourth-order valence-electron chi connectivity index (χ4n) is 2.36. The van der Waals surface area contributed by atoms with Crippen LogP contribution in [0.15, 0.2) is 60.7 Å². The van der Waals surface area contributed by atoms with Gasteiger partial charge in [-0.2, -0.15) is 0 Å². The predicted octanol–water partition coefficient (Wildman–Crippen LogP) is 4.52. The van der Waals surface area contributed by atoms with Crippen LogP contribution in [0.3, 0.4) is 0 Å². The predicted molar refractivity (Wildman–Crippen MR) is 75.8 cm³/mol. The minimum atomic E-state index is 0.375. The molecule has 0 unspecified atom stereocenters. The highest BCUT2D eigenvalue weighted by molar-refractivity contribution is 5.93. The zero-order chi connectivity index (χ0) is 12.5. The molecule has 1 heteroatoms. The highest BCUT2D eigenvalue weighted by Gasteiger charge is 2.10. The summed E-state index contributed by atoms with van der Waals surface area (Å²) in [6, 6.07) is 20.2. The van der Waals surface area contributed by atoms with Crippen LogP contribution in [0.25, 0.3) is 21.9 Å². The lowest BCUT2D eigenvalue weighted by Crippen LogP contribution is -1.85. The Hall–Kier alpha value is -2.28. The summed E-state index contributed by atoms with van der Waals surface area (Å²) < 4.78 is 0. The number of fused-ring (bicyclic) bond motifs is 1. The maximum Gasteiger partial charge on any atom is 0.126 e. The van der Waals surface area contributed by atoms with Crippen molar-refractivity contribution >= 4 is 10.8 Å². The molecule has 0 saturated carbocycles. The van der Waals surface area contributed by atoms with E-state index in [1.165, 1.54) is 0 Å². The van der Waals surface area contributed by atoms with Crippen LogP contribution in [0.4, 0.5) is 0 Å². The molecule has 0 aliphatic rings. The van der Waals surface area contributed by atoms with Crippen molar-refractivity contribution in [2.24, 2.45) is 0 Å². The Kier molecular flexibility index (Phi) is 2.52. The molecule has 0 bridgehead atoms. The van der Waals surface area contributed by atoms with E-state index in [4.69, 9.17) is 0 Å². The van der Waals surface area contributed by atoms with Crippen molar-refractivity contribution < 1.29 is 5.11 Å². The first kappa shape index (κ1) is 10.8. The van der Waals surface area contributed by atoms with E-state index in [9.17, 15) is 5.11 Å². The van der Waals surface area contributed by atoms with Gasteiger partial charge in [-0.1, -0.05) is 54.6 Å². The van der Waals surface area contributed by atoms with Gasteiger partial charge in [0.1, 0.15) is 5.75 Å². The van der Waals surface area contributed by atoms with Gasteiger partial charge in [0, 0.05) is 5.56 Å². The molecular formula is C17H14O. The SMILES string of the molecule is Cc1c(O)c(-c2ccccc2)cc2ccccc12. The van der Waals surface area contributed by atoms with Gasteiger partial charge in [0.2, 0.25) is 0 Å². The monoisotopic (exact) mass is 234 g/mol. The molecule has 0 amide bonds. The number of phenolic OH excluding ortho intramolecular Hbond substituents is 1. The molecule has 0 fully saturated rings. The third-order valence-electron chi connectivity index (χ3n) is 3.36. The number of phenols is 1. The Morgan fingerprint density at radius 2 is 1.50 bits per heavy atom. The first-order chi connectivity index (χ1) is 8.77. The van der Waals surface area contributed by atoms with Crippen LogP contribution in [0.5, 0.6) is 5.75 Å². The van der Waals surface area contributed by atoms with Gasteiger partial charge >= 0.3 is 0 Å². The van der Waals surface area contributed by atoms with Gasteiger partial charge in [-0.3, -0.25) is 0 Å². The van der Waals surface area contributed by atoms with Crippen LogP contribution in [0, 0.1) is 6.92 Å². The molecule has 0 radical (unpaired) electrons. The largest absolute Gasteiger partial charge is 0.507 e. The Morgan fingerprint density at radius 1 is 0.833 bits per heavy atom. The Morgan fingerprint density at radius 3 is 2.28 bits per heavy atom. The number of rotatable bonds is 1. The molecule has 88 valence electrons. The number of benzene rings is 3. The van der Waals surface area contributed by atoms with Crippen LogP contribution in [0.2, 0.25) is 0 Å². The van der Waals surface area contributed by atoms with Gasteiger partial charge < -0.3 is 5.11 Å². The van der Waals surface area contributed by atoms with E-state index < -0.39 is 0 Å². The van der Waals surface area contributed by atoms with Gasteiger partial charge in [0.05, 0.1) is 0 Å². The minimum absolute atomic E-state index is 0.375. The Bertz CT molecular complexity index is 699. The van der Waals surface area contributed by atoms with Gasteiger partial charge in [-0.15, -0.1) is 0 Å². The quantitative estimate of drug-likeness (QED) is 0.656. The minimum Gasteiger partial charge on any atom is -0.507 e. The van der Waals surface area contributed by atoms with Crippen LogP contribution < -0.4 is 0 Å². The second-order valence-electron chi connectivity index (χ2n) is 4.48. The lowest BCUT2D eigenvalue weighted by molar-refractivity contribution is 0.474. The van der Waals surface area contributed by atoms with E-state index in [1.54, 1.807) is 0 Å². The number of aromatic hydroxyl groups is 1. The summed E-state index contributed by atoms with van der Waals surface area (Å²) in [6.45, 7) is 1.96.